The summed E-state index contributed by atoms with van der Waals surface area (Å²) in [5, 5.41) is 49.6. The van der Waals surface area contributed by atoms with Crippen LogP contribution in [0.4, 0.5) is 0 Å². The van der Waals surface area contributed by atoms with Crippen LogP contribution in [-0.2, 0) is 4.79 Å². The second-order valence-electron chi connectivity index (χ2n) is 7.32. The number of allylic oxidation sites excluding steroid dienone is 1. The summed E-state index contributed by atoms with van der Waals surface area (Å²) in [4.78, 5) is 11.0. The molecule has 6 atom stereocenters. The third kappa shape index (κ3) is 6.36. The molecule has 0 bridgehead atoms. The quantitative estimate of drug-likeness (QED) is 0.396. The maximum atomic E-state index is 11.0. The summed E-state index contributed by atoms with van der Waals surface area (Å²) in [6, 6.07) is 0. The van der Waals surface area contributed by atoms with Gasteiger partial charge in [-0.05, 0) is 51.3 Å². The minimum absolute atomic E-state index is 0.184. The second-order valence-corrected chi connectivity index (χ2v) is 7.32. The van der Waals surface area contributed by atoms with Gasteiger partial charge in [-0.25, -0.2) is 4.79 Å². The van der Waals surface area contributed by atoms with Crippen molar-refractivity contribution in [3.63, 3.8) is 0 Å². The Morgan fingerprint density at radius 1 is 0.885 bits per heavy atom. The lowest BCUT2D eigenvalue weighted by Crippen LogP contribution is -2.47. The van der Waals surface area contributed by atoms with E-state index in [9.17, 15) is 25.2 Å². The average Bonchev–Trinajstić information content (AvgIpc) is 2.57. The van der Waals surface area contributed by atoms with Gasteiger partial charge in [-0.2, -0.15) is 0 Å². The maximum Gasteiger partial charge on any atom is 0.338 e. The fourth-order valence-electron chi connectivity index (χ4n) is 2.76. The SMILES string of the molecule is C/C=C(\C)C(O)C(C)/C=C(\C)C(O)C(C)/C=C(\C)C(O)C(C)(O)C(=O)O. The molecule has 0 saturated carbocycles. The van der Waals surface area contributed by atoms with Crippen LogP contribution in [0.5, 0.6) is 0 Å². The smallest absolute Gasteiger partial charge is 0.338 e. The zero-order chi connectivity index (χ0) is 20.8. The number of carboxylic acids is 1. The van der Waals surface area contributed by atoms with Crippen LogP contribution in [0.1, 0.15) is 48.5 Å². The van der Waals surface area contributed by atoms with E-state index in [2.05, 4.69) is 0 Å². The Bertz CT molecular complexity index is 573. The van der Waals surface area contributed by atoms with E-state index in [0.717, 1.165) is 12.5 Å². The molecule has 0 saturated heterocycles. The highest BCUT2D eigenvalue weighted by Gasteiger charge is 2.39. The van der Waals surface area contributed by atoms with Crippen molar-refractivity contribution in [3.8, 4) is 0 Å². The van der Waals surface area contributed by atoms with Crippen molar-refractivity contribution in [1.82, 2.24) is 0 Å². The molecule has 26 heavy (non-hydrogen) atoms. The maximum absolute atomic E-state index is 11.0. The van der Waals surface area contributed by atoms with Gasteiger partial charge in [0, 0.05) is 11.8 Å². The first-order valence-corrected chi connectivity index (χ1v) is 8.76. The van der Waals surface area contributed by atoms with Crippen molar-refractivity contribution >= 4 is 5.97 Å². The molecular weight excluding hydrogens is 336 g/mol. The zero-order valence-electron chi connectivity index (χ0n) is 16.8. The molecule has 6 heteroatoms. The molecule has 6 unspecified atom stereocenters. The number of hydrogen-bond donors (Lipinski definition) is 5. The van der Waals surface area contributed by atoms with Crippen LogP contribution in [0.15, 0.2) is 34.9 Å². The van der Waals surface area contributed by atoms with E-state index in [4.69, 9.17) is 5.11 Å². The lowest BCUT2D eigenvalue weighted by Gasteiger charge is -2.27. The van der Waals surface area contributed by atoms with Gasteiger partial charge in [-0.1, -0.05) is 32.1 Å². The van der Waals surface area contributed by atoms with Crippen LogP contribution in [0, 0.1) is 11.8 Å². The lowest BCUT2D eigenvalue weighted by atomic mass is 9.88. The van der Waals surface area contributed by atoms with E-state index in [1.807, 2.05) is 26.8 Å². The van der Waals surface area contributed by atoms with Gasteiger partial charge in [0.05, 0.1) is 12.2 Å². The first-order chi connectivity index (χ1) is 11.8. The van der Waals surface area contributed by atoms with Crippen molar-refractivity contribution < 1.29 is 30.3 Å². The number of aliphatic carboxylic acids is 1. The molecule has 0 aliphatic carbocycles. The summed E-state index contributed by atoms with van der Waals surface area (Å²) in [6.07, 6.45) is 2.09. The van der Waals surface area contributed by atoms with Gasteiger partial charge in [0.15, 0.2) is 5.60 Å². The van der Waals surface area contributed by atoms with Crippen LogP contribution in [0.25, 0.3) is 0 Å². The van der Waals surface area contributed by atoms with Gasteiger partial charge < -0.3 is 25.5 Å². The van der Waals surface area contributed by atoms with Gasteiger partial charge in [0.1, 0.15) is 6.10 Å². The largest absolute Gasteiger partial charge is 0.479 e. The highest BCUT2D eigenvalue weighted by Crippen LogP contribution is 2.23. The topological polar surface area (TPSA) is 118 Å². The van der Waals surface area contributed by atoms with Crippen molar-refractivity contribution in [1.29, 1.82) is 0 Å². The molecule has 0 amide bonds. The molecule has 0 aromatic carbocycles. The highest BCUT2D eigenvalue weighted by atomic mass is 16.4. The lowest BCUT2D eigenvalue weighted by molar-refractivity contribution is -0.165. The monoisotopic (exact) mass is 370 g/mol. The van der Waals surface area contributed by atoms with Crippen LogP contribution >= 0.6 is 0 Å². The van der Waals surface area contributed by atoms with Crippen molar-refractivity contribution in [2.24, 2.45) is 11.8 Å². The number of carbonyl (C=O) groups is 1. The Morgan fingerprint density at radius 3 is 1.65 bits per heavy atom. The molecule has 6 nitrogen and oxygen atoms in total. The van der Waals surface area contributed by atoms with Gasteiger partial charge in [0.25, 0.3) is 0 Å². The minimum Gasteiger partial charge on any atom is -0.479 e. The van der Waals surface area contributed by atoms with E-state index in [1.165, 1.54) is 6.92 Å². The zero-order valence-corrected chi connectivity index (χ0v) is 16.8. The molecule has 0 fully saturated rings. The predicted octanol–water partition coefficient (Wildman–Crippen LogP) is 2.04. The van der Waals surface area contributed by atoms with Crippen molar-refractivity contribution in [2.75, 3.05) is 0 Å². The molecule has 5 N–H and O–H groups in total. The van der Waals surface area contributed by atoms with E-state index >= 15 is 0 Å². The van der Waals surface area contributed by atoms with Gasteiger partial charge >= 0.3 is 5.97 Å². The third-order valence-corrected chi connectivity index (χ3v) is 4.83. The van der Waals surface area contributed by atoms with E-state index < -0.39 is 35.8 Å². The molecule has 0 heterocycles. The number of carboxylic acid groups (broad SMARTS) is 1. The van der Waals surface area contributed by atoms with Gasteiger partial charge in [0.2, 0.25) is 0 Å². The van der Waals surface area contributed by atoms with Crippen molar-refractivity contribution in [2.45, 2.75) is 72.4 Å². The fraction of sp³-hybridized carbons (Fsp3) is 0.650. The third-order valence-electron chi connectivity index (χ3n) is 4.83. The van der Waals surface area contributed by atoms with Crippen LogP contribution in [-0.4, -0.2) is 55.4 Å². The summed E-state index contributed by atoms with van der Waals surface area (Å²) in [6.45, 7) is 11.6. The predicted molar refractivity (Wildman–Crippen MR) is 102 cm³/mol. The normalized spacial score (nSPS) is 22.2. The molecule has 0 aromatic heterocycles. The fourth-order valence-corrected chi connectivity index (χ4v) is 2.76. The first-order valence-electron chi connectivity index (χ1n) is 8.76. The van der Waals surface area contributed by atoms with Crippen molar-refractivity contribution in [3.05, 3.63) is 34.9 Å². The summed E-state index contributed by atoms with van der Waals surface area (Å²) < 4.78 is 0. The minimum atomic E-state index is -2.31. The summed E-state index contributed by atoms with van der Waals surface area (Å²) >= 11 is 0. The van der Waals surface area contributed by atoms with Crippen LogP contribution in [0.2, 0.25) is 0 Å². The molecule has 0 rings (SSSR count). The molecule has 0 aliphatic heterocycles. The number of hydrogen-bond acceptors (Lipinski definition) is 5. The van der Waals surface area contributed by atoms with Crippen LogP contribution in [0.3, 0.4) is 0 Å². The van der Waals surface area contributed by atoms with Crippen LogP contribution < -0.4 is 0 Å². The first kappa shape index (κ1) is 24.5. The van der Waals surface area contributed by atoms with E-state index in [1.54, 1.807) is 26.0 Å². The second kappa shape index (κ2) is 10.0. The summed E-state index contributed by atoms with van der Waals surface area (Å²) in [7, 11) is 0. The van der Waals surface area contributed by atoms with E-state index in [-0.39, 0.29) is 11.5 Å². The number of aliphatic hydroxyl groups excluding tert-OH is 3. The number of rotatable bonds is 9. The average molecular weight is 370 g/mol. The Labute approximate surface area is 156 Å². The molecule has 150 valence electrons. The summed E-state index contributed by atoms with van der Waals surface area (Å²) in [5.74, 6) is -2.13. The van der Waals surface area contributed by atoms with Gasteiger partial charge in [-0.15, -0.1) is 0 Å². The molecular formula is C20H34O6. The standard InChI is InChI=1S/C20H34O6/c1-8-11(2)16(21)12(3)9-13(4)17(22)14(5)10-15(6)18(23)20(7,26)19(24)25/h8-10,12,14,16-18,21-23,26H,1-7H3,(H,24,25)/b11-8+,13-9+,15-10+. The highest BCUT2D eigenvalue weighted by molar-refractivity contribution is 5.78. The molecule has 0 spiro atoms. The molecule has 0 aromatic rings. The Balaban J connectivity index is 5.28. The Hall–Kier alpha value is -1.47. The van der Waals surface area contributed by atoms with Gasteiger partial charge in [-0.3, -0.25) is 0 Å². The Morgan fingerprint density at radius 2 is 1.27 bits per heavy atom. The Kier molecular flexibility index (Phi) is 9.45. The number of aliphatic hydroxyl groups is 4. The molecule has 0 radical (unpaired) electrons. The van der Waals surface area contributed by atoms with E-state index in [0.29, 0.717) is 5.57 Å². The molecule has 0 aliphatic rings. The summed E-state index contributed by atoms with van der Waals surface area (Å²) in [5.41, 5.74) is -0.538.